The fourth-order valence-corrected chi connectivity index (χ4v) is 3.70. The molecule has 0 bridgehead atoms. The number of nitrogens with zero attached hydrogens (tertiary/aromatic N) is 4. The minimum atomic E-state index is -0.195. The van der Waals surface area contributed by atoms with E-state index in [2.05, 4.69) is 10.4 Å². The van der Waals surface area contributed by atoms with Crippen molar-refractivity contribution in [3.05, 3.63) is 83.6 Å². The normalized spacial score (nSPS) is 11.1. The fourth-order valence-electron chi connectivity index (χ4n) is 3.70. The van der Waals surface area contributed by atoms with Crippen LogP contribution in [0.25, 0.3) is 22.3 Å². The Balaban J connectivity index is 1.56. The second kappa shape index (κ2) is 9.87. The van der Waals surface area contributed by atoms with E-state index >= 15 is 0 Å². The van der Waals surface area contributed by atoms with Crippen molar-refractivity contribution in [1.82, 2.24) is 25.0 Å². The van der Waals surface area contributed by atoms with Crippen LogP contribution in [0.15, 0.2) is 66.9 Å². The van der Waals surface area contributed by atoms with Crippen molar-refractivity contribution in [1.29, 1.82) is 0 Å². The Kier molecular flexibility index (Phi) is 6.72. The molecule has 1 N–H and O–H groups in total. The first-order chi connectivity index (χ1) is 16.4. The Bertz CT molecular complexity index is 1310. The zero-order valence-corrected chi connectivity index (χ0v) is 19.9. The third-order valence-electron chi connectivity index (χ3n) is 5.97. The molecule has 4 rings (SSSR count). The van der Waals surface area contributed by atoms with Crippen molar-refractivity contribution in [3.63, 3.8) is 0 Å². The molecule has 7 nitrogen and oxygen atoms in total. The van der Waals surface area contributed by atoms with Gasteiger partial charge in [0.05, 0.1) is 22.8 Å². The SMILES string of the molecule is CCn1ncc2c(C(=O)NCc3ccc(C(=O)N(C)C(C)C)cc3)cc(-c3ccccc3)nc21. The van der Waals surface area contributed by atoms with E-state index in [1.807, 2.05) is 69.3 Å². The summed E-state index contributed by atoms with van der Waals surface area (Å²) in [4.78, 5) is 32.2. The number of carbonyl (C=O) groups excluding carboxylic acids is 2. The second-order valence-corrected chi connectivity index (χ2v) is 8.51. The lowest BCUT2D eigenvalue weighted by Gasteiger charge is -2.21. The summed E-state index contributed by atoms with van der Waals surface area (Å²) in [6.07, 6.45) is 1.70. The maximum Gasteiger partial charge on any atom is 0.253 e. The highest BCUT2D eigenvalue weighted by Crippen LogP contribution is 2.25. The molecule has 7 heteroatoms. The molecule has 2 aromatic heterocycles. The van der Waals surface area contributed by atoms with E-state index in [-0.39, 0.29) is 17.9 Å². The van der Waals surface area contributed by atoms with Crippen LogP contribution in [0.3, 0.4) is 0 Å². The summed E-state index contributed by atoms with van der Waals surface area (Å²) in [6.45, 7) is 6.96. The van der Waals surface area contributed by atoms with Crippen LogP contribution < -0.4 is 5.32 Å². The van der Waals surface area contributed by atoms with Gasteiger partial charge in [-0.3, -0.25) is 9.59 Å². The van der Waals surface area contributed by atoms with E-state index < -0.39 is 0 Å². The molecule has 0 saturated carbocycles. The van der Waals surface area contributed by atoms with Crippen LogP contribution in [-0.4, -0.2) is 44.6 Å². The topological polar surface area (TPSA) is 80.1 Å². The molecule has 0 aliphatic heterocycles. The van der Waals surface area contributed by atoms with E-state index in [4.69, 9.17) is 4.98 Å². The Morgan fingerprint density at radius 1 is 1.06 bits per heavy atom. The molecule has 0 radical (unpaired) electrons. The van der Waals surface area contributed by atoms with Crippen LogP contribution in [-0.2, 0) is 13.1 Å². The van der Waals surface area contributed by atoms with Crippen LogP contribution in [0.5, 0.6) is 0 Å². The molecular weight excluding hydrogens is 426 g/mol. The second-order valence-electron chi connectivity index (χ2n) is 8.51. The molecule has 0 saturated heterocycles. The maximum atomic E-state index is 13.2. The molecule has 2 aromatic carbocycles. The standard InChI is InChI=1S/C27H29N5O2/c1-5-32-25-23(17-29-32)22(15-24(30-25)20-9-7-6-8-10-20)26(33)28-16-19-11-13-21(14-12-19)27(34)31(4)18(2)3/h6-15,17-18H,5,16H2,1-4H3,(H,28,33). The molecule has 0 aliphatic carbocycles. The van der Waals surface area contributed by atoms with E-state index in [1.165, 1.54) is 0 Å². The van der Waals surface area contributed by atoms with E-state index in [0.29, 0.717) is 29.9 Å². The molecule has 2 heterocycles. The lowest BCUT2D eigenvalue weighted by molar-refractivity contribution is 0.0754. The first-order valence-corrected chi connectivity index (χ1v) is 11.4. The Morgan fingerprint density at radius 2 is 1.76 bits per heavy atom. The van der Waals surface area contributed by atoms with E-state index in [9.17, 15) is 9.59 Å². The number of hydrogen-bond donors (Lipinski definition) is 1. The fraction of sp³-hybridized carbons (Fsp3) is 0.259. The number of aryl methyl sites for hydroxylation is 1. The van der Waals surface area contributed by atoms with Crippen molar-refractivity contribution in [2.75, 3.05) is 7.05 Å². The lowest BCUT2D eigenvalue weighted by atomic mass is 10.1. The van der Waals surface area contributed by atoms with Crippen LogP contribution in [0.4, 0.5) is 0 Å². The van der Waals surface area contributed by atoms with Crippen molar-refractivity contribution in [2.45, 2.75) is 39.9 Å². The largest absolute Gasteiger partial charge is 0.348 e. The average molecular weight is 456 g/mol. The van der Waals surface area contributed by atoms with Gasteiger partial charge in [0.1, 0.15) is 0 Å². The highest BCUT2D eigenvalue weighted by molar-refractivity contribution is 6.06. The molecule has 0 atom stereocenters. The third-order valence-corrected chi connectivity index (χ3v) is 5.97. The van der Waals surface area contributed by atoms with Gasteiger partial charge in [0.25, 0.3) is 11.8 Å². The first kappa shape index (κ1) is 23.2. The molecular formula is C27H29N5O2. The summed E-state index contributed by atoms with van der Waals surface area (Å²) in [6, 6.07) is 19.1. The number of aromatic nitrogens is 3. The van der Waals surface area contributed by atoms with Gasteiger partial charge in [-0.1, -0.05) is 42.5 Å². The van der Waals surface area contributed by atoms with Gasteiger partial charge in [0.15, 0.2) is 5.65 Å². The zero-order valence-electron chi connectivity index (χ0n) is 19.9. The minimum absolute atomic E-state index is 0.0221. The zero-order chi connectivity index (χ0) is 24.2. The highest BCUT2D eigenvalue weighted by atomic mass is 16.2. The van der Waals surface area contributed by atoms with Crippen molar-refractivity contribution < 1.29 is 9.59 Å². The highest BCUT2D eigenvalue weighted by Gasteiger charge is 2.18. The number of benzene rings is 2. The number of rotatable bonds is 7. The third kappa shape index (κ3) is 4.69. The number of nitrogens with one attached hydrogen (secondary N) is 1. The van der Waals surface area contributed by atoms with Crippen LogP contribution in [0.2, 0.25) is 0 Å². The maximum absolute atomic E-state index is 13.2. The number of carbonyl (C=O) groups is 2. The van der Waals surface area contributed by atoms with Crippen molar-refractivity contribution >= 4 is 22.8 Å². The van der Waals surface area contributed by atoms with Crippen molar-refractivity contribution in [2.24, 2.45) is 0 Å². The molecule has 0 spiro atoms. The lowest BCUT2D eigenvalue weighted by Crippen LogP contribution is -2.32. The molecule has 0 unspecified atom stereocenters. The Hall–Kier alpha value is -4.00. The Labute approximate surface area is 199 Å². The number of pyridine rings is 1. The van der Waals surface area contributed by atoms with Crippen molar-refractivity contribution in [3.8, 4) is 11.3 Å². The van der Waals surface area contributed by atoms with E-state index in [1.54, 1.807) is 35.0 Å². The molecule has 2 amide bonds. The van der Waals surface area contributed by atoms with Crippen LogP contribution >= 0.6 is 0 Å². The number of fused-ring (bicyclic) bond motifs is 1. The molecule has 34 heavy (non-hydrogen) atoms. The summed E-state index contributed by atoms with van der Waals surface area (Å²) >= 11 is 0. The summed E-state index contributed by atoms with van der Waals surface area (Å²) in [5, 5.41) is 8.12. The average Bonchev–Trinajstić information content (AvgIpc) is 3.29. The van der Waals surface area contributed by atoms with Gasteiger partial charge in [-0.15, -0.1) is 0 Å². The van der Waals surface area contributed by atoms with E-state index in [0.717, 1.165) is 22.2 Å². The summed E-state index contributed by atoms with van der Waals surface area (Å²) < 4.78 is 1.79. The molecule has 0 fully saturated rings. The van der Waals surface area contributed by atoms with Crippen LogP contribution in [0, 0.1) is 0 Å². The van der Waals surface area contributed by atoms with Gasteiger partial charge < -0.3 is 10.2 Å². The van der Waals surface area contributed by atoms with Gasteiger partial charge in [-0.05, 0) is 44.5 Å². The quantitative estimate of drug-likeness (QED) is 0.444. The van der Waals surface area contributed by atoms with Crippen LogP contribution in [0.1, 0.15) is 47.1 Å². The molecule has 4 aromatic rings. The van der Waals surface area contributed by atoms with Gasteiger partial charge in [0, 0.05) is 37.3 Å². The van der Waals surface area contributed by atoms with Gasteiger partial charge in [-0.2, -0.15) is 5.10 Å². The summed E-state index contributed by atoms with van der Waals surface area (Å²) in [7, 11) is 1.79. The number of hydrogen-bond acceptors (Lipinski definition) is 4. The molecule has 174 valence electrons. The predicted molar refractivity (Wildman–Crippen MR) is 133 cm³/mol. The number of amides is 2. The Morgan fingerprint density at radius 3 is 2.41 bits per heavy atom. The minimum Gasteiger partial charge on any atom is -0.348 e. The smallest absolute Gasteiger partial charge is 0.253 e. The first-order valence-electron chi connectivity index (χ1n) is 11.4. The molecule has 0 aliphatic rings. The summed E-state index contributed by atoms with van der Waals surface area (Å²) in [5.74, 6) is -0.217. The van der Waals surface area contributed by atoms with Gasteiger partial charge >= 0.3 is 0 Å². The van der Waals surface area contributed by atoms with Gasteiger partial charge in [-0.25, -0.2) is 9.67 Å². The predicted octanol–water partition coefficient (Wildman–Crippen LogP) is 4.53. The van der Waals surface area contributed by atoms with Gasteiger partial charge in [0.2, 0.25) is 0 Å². The monoisotopic (exact) mass is 455 g/mol. The summed E-state index contributed by atoms with van der Waals surface area (Å²) in [5.41, 5.74) is 4.43.